The quantitative estimate of drug-likeness (QED) is 0.475. The summed E-state index contributed by atoms with van der Waals surface area (Å²) in [6, 6.07) is 0. The van der Waals surface area contributed by atoms with E-state index in [0.29, 0.717) is 19.6 Å². The number of hydrogen-bond donors (Lipinski definition) is 0. The van der Waals surface area contributed by atoms with E-state index in [1.54, 1.807) is 7.11 Å². The Labute approximate surface area is 95.2 Å². The van der Waals surface area contributed by atoms with Crippen LogP contribution in [0, 0.1) is 0 Å². The SMILES string of the molecule is COCCn1cc[n+](CCCS(=O)(=O)[O-])c1. The van der Waals surface area contributed by atoms with Crippen molar-refractivity contribution in [1.82, 2.24) is 4.57 Å². The lowest BCUT2D eigenvalue weighted by Crippen LogP contribution is -2.32. The summed E-state index contributed by atoms with van der Waals surface area (Å²) < 4.78 is 39.9. The molecule has 0 bridgehead atoms. The van der Waals surface area contributed by atoms with E-state index in [1.807, 2.05) is 27.9 Å². The molecule has 0 amide bonds. The Morgan fingerprint density at radius 1 is 1.50 bits per heavy atom. The topological polar surface area (TPSA) is 75.2 Å². The van der Waals surface area contributed by atoms with Crippen molar-refractivity contribution >= 4 is 10.1 Å². The lowest BCUT2D eigenvalue weighted by atomic mass is 10.5. The number of ether oxygens (including phenoxy) is 1. The van der Waals surface area contributed by atoms with Crippen LogP contribution in [0.4, 0.5) is 0 Å². The summed E-state index contributed by atoms with van der Waals surface area (Å²) in [7, 11) is -2.46. The molecule has 0 unspecified atom stereocenters. The van der Waals surface area contributed by atoms with Crippen LogP contribution in [0.1, 0.15) is 6.42 Å². The number of hydrogen-bond acceptors (Lipinski definition) is 4. The highest BCUT2D eigenvalue weighted by atomic mass is 32.2. The number of methoxy groups -OCH3 is 1. The van der Waals surface area contributed by atoms with Crippen molar-refractivity contribution in [3.63, 3.8) is 0 Å². The number of aromatic nitrogens is 2. The molecule has 92 valence electrons. The van der Waals surface area contributed by atoms with Crippen LogP contribution in [-0.2, 0) is 27.9 Å². The van der Waals surface area contributed by atoms with Crippen LogP contribution >= 0.6 is 0 Å². The first-order valence-corrected chi connectivity index (χ1v) is 6.56. The fraction of sp³-hybridized carbons (Fsp3) is 0.667. The molecule has 0 atom stereocenters. The zero-order chi connectivity index (χ0) is 12.0. The van der Waals surface area contributed by atoms with Gasteiger partial charge in [0.15, 0.2) is 0 Å². The maximum atomic E-state index is 10.4. The number of aryl methyl sites for hydroxylation is 1. The second kappa shape index (κ2) is 5.97. The molecule has 6 nitrogen and oxygen atoms in total. The third-order valence-corrected chi connectivity index (χ3v) is 2.90. The second-order valence-corrected chi connectivity index (χ2v) is 5.02. The summed E-state index contributed by atoms with van der Waals surface area (Å²) in [6.45, 7) is 1.91. The molecule has 0 saturated heterocycles. The van der Waals surface area contributed by atoms with Crippen molar-refractivity contribution < 1.29 is 22.3 Å². The van der Waals surface area contributed by atoms with Gasteiger partial charge in [-0.05, 0) is 6.42 Å². The van der Waals surface area contributed by atoms with Gasteiger partial charge in [0.1, 0.15) is 18.9 Å². The average Bonchev–Trinajstić information content (AvgIpc) is 2.61. The molecule has 0 radical (unpaired) electrons. The fourth-order valence-corrected chi connectivity index (χ4v) is 1.81. The van der Waals surface area contributed by atoms with Gasteiger partial charge >= 0.3 is 0 Å². The van der Waals surface area contributed by atoms with Gasteiger partial charge in [-0.3, -0.25) is 0 Å². The van der Waals surface area contributed by atoms with Crippen LogP contribution in [0.2, 0.25) is 0 Å². The molecule has 16 heavy (non-hydrogen) atoms. The molecule has 0 N–H and O–H groups in total. The molecule has 1 heterocycles. The average molecular weight is 248 g/mol. The van der Waals surface area contributed by atoms with Gasteiger partial charge < -0.3 is 9.29 Å². The lowest BCUT2D eigenvalue weighted by Gasteiger charge is -2.04. The van der Waals surface area contributed by atoms with Crippen molar-refractivity contribution in [1.29, 1.82) is 0 Å². The zero-order valence-corrected chi connectivity index (χ0v) is 10.0. The summed E-state index contributed by atoms with van der Waals surface area (Å²) >= 11 is 0. The monoisotopic (exact) mass is 248 g/mol. The van der Waals surface area contributed by atoms with Crippen molar-refractivity contribution in [2.45, 2.75) is 19.5 Å². The minimum absolute atomic E-state index is 0.316. The maximum Gasteiger partial charge on any atom is 0.243 e. The number of imidazole rings is 1. The Hall–Kier alpha value is -0.920. The molecule has 0 aromatic carbocycles. The smallest absolute Gasteiger partial charge is 0.243 e. The van der Waals surface area contributed by atoms with E-state index in [2.05, 4.69) is 0 Å². The Bertz CT molecular complexity index is 413. The van der Waals surface area contributed by atoms with Gasteiger partial charge in [-0.1, -0.05) is 0 Å². The highest BCUT2D eigenvalue weighted by molar-refractivity contribution is 7.85. The molecule has 0 aliphatic carbocycles. The van der Waals surface area contributed by atoms with Crippen molar-refractivity contribution in [2.24, 2.45) is 0 Å². The van der Waals surface area contributed by atoms with Gasteiger partial charge in [0.05, 0.1) is 23.3 Å². The molecule has 1 aromatic rings. The van der Waals surface area contributed by atoms with E-state index in [4.69, 9.17) is 4.74 Å². The molecule has 1 rings (SSSR count). The molecular formula is C9H16N2O4S. The third-order valence-electron chi connectivity index (χ3n) is 2.11. The van der Waals surface area contributed by atoms with Crippen molar-refractivity contribution in [2.75, 3.05) is 19.5 Å². The first kappa shape index (κ1) is 13.1. The first-order chi connectivity index (χ1) is 7.51. The summed E-state index contributed by atoms with van der Waals surface area (Å²) in [4.78, 5) is 0. The van der Waals surface area contributed by atoms with E-state index in [0.717, 1.165) is 6.54 Å². The van der Waals surface area contributed by atoms with E-state index >= 15 is 0 Å². The summed E-state index contributed by atoms with van der Waals surface area (Å²) in [6.07, 6.45) is 5.92. The standard InChI is InChI=1S/C9H16N2O4S/c1-15-7-6-11-5-4-10(9-11)3-2-8-16(12,13)14/h4-5,9H,2-3,6-8H2,1H3. The van der Waals surface area contributed by atoms with Crippen molar-refractivity contribution in [3.8, 4) is 0 Å². The number of rotatable bonds is 7. The molecule has 1 aromatic heterocycles. The van der Waals surface area contributed by atoms with Crippen LogP contribution in [0.5, 0.6) is 0 Å². The maximum absolute atomic E-state index is 10.4. The molecule has 0 aliphatic rings. The summed E-state index contributed by atoms with van der Waals surface area (Å²) in [5, 5.41) is 0. The van der Waals surface area contributed by atoms with Crippen LogP contribution in [0.3, 0.4) is 0 Å². The normalized spacial score (nSPS) is 11.9. The van der Waals surface area contributed by atoms with E-state index < -0.39 is 10.1 Å². The summed E-state index contributed by atoms with van der Waals surface area (Å²) in [5.74, 6) is -0.316. The largest absolute Gasteiger partial charge is 0.748 e. The fourth-order valence-electron chi connectivity index (χ4n) is 1.32. The number of nitrogens with zero attached hydrogens (tertiary/aromatic N) is 2. The van der Waals surface area contributed by atoms with Gasteiger partial charge in [0.2, 0.25) is 6.33 Å². The van der Waals surface area contributed by atoms with Crippen LogP contribution in [0.15, 0.2) is 18.7 Å². The van der Waals surface area contributed by atoms with E-state index in [1.165, 1.54) is 0 Å². The Morgan fingerprint density at radius 2 is 2.25 bits per heavy atom. The highest BCUT2D eigenvalue weighted by Gasteiger charge is 2.04. The minimum atomic E-state index is -4.09. The van der Waals surface area contributed by atoms with Gasteiger partial charge in [0, 0.05) is 12.9 Å². The van der Waals surface area contributed by atoms with Gasteiger partial charge in [0.25, 0.3) is 0 Å². The Balaban J connectivity index is 2.35. The predicted octanol–water partition coefficient (Wildman–Crippen LogP) is -0.643. The lowest BCUT2D eigenvalue weighted by molar-refractivity contribution is -0.696. The van der Waals surface area contributed by atoms with Crippen LogP contribution in [-0.4, -0.2) is 37.0 Å². The highest BCUT2D eigenvalue weighted by Crippen LogP contribution is 1.90. The third kappa shape index (κ3) is 5.24. The zero-order valence-electron chi connectivity index (χ0n) is 9.20. The first-order valence-electron chi connectivity index (χ1n) is 4.98. The molecule has 0 aliphatic heterocycles. The van der Waals surface area contributed by atoms with E-state index in [9.17, 15) is 13.0 Å². The van der Waals surface area contributed by atoms with E-state index in [-0.39, 0.29) is 5.75 Å². The molecule has 0 saturated carbocycles. The van der Waals surface area contributed by atoms with Crippen LogP contribution in [0.25, 0.3) is 0 Å². The van der Waals surface area contributed by atoms with Gasteiger partial charge in [-0.2, -0.15) is 0 Å². The minimum Gasteiger partial charge on any atom is -0.748 e. The van der Waals surface area contributed by atoms with Gasteiger partial charge in [-0.25, -0.2) is 17.6 Å². The van der Waals surface area contributed by atoms with Crippen molar-refractivity contribution in [3.05, 3.63) is 18.7 Å². The second-order valence-electron chi connectivity index (χ2n) is 3.50. The molecule has 0 spiro atoms. The molecular weight excluding hydrogens is 232 g/mol. The predicted molar refractivity (Wildman–Crippen MR) is 55.7 cm³/mol. The Kier molecular flexibility index (Phi) is 4.91. The molecule has 0 fully saturated rings. The Morgan fingerprint density at radius 3 is 2.88 bits per heavy atom. The molecule has 7 heteroatoms. The van der Waals surface area contributed by atoms with Gasteiger partial charge in [-0.15, -0.1) is 0 Å². The summed E-state index contributed by atoms with van der Waals surface area (Å²) in [5.41, 5.74) is 0. The van der Waals surface area contributed by atoms with Crippen LogP contribution < -0.4 is 4.57 Å².